The van der Waals surface area contributed by atoms with Crippen LogP contribution in [0, 0.1) is 0 Å². The van der Waals surface area contributed by atoms with E-state index < -0.39 is 0 Å². The van der Waals surface area contributed by atoms with Gasteiger partial charge in [0.05, 0.1) is 25.8 Å². The smallest absolute Gasteiger partial charge is 0.133 e. The molecule has 0 saturated heterocycles. The summed E-state index contributed by atoms with van der Waals surface area (Å²) in [7, 11) is 0. The predicted molar refractivity (Wildman–Crippen MR) is 101 cm³/mol. The molecule has 4 rings (SSSR count). The maximum atomic E-state index is 6.38. The van der Waals surface area contributed by atoms with Crippen molar-refractivity contribution in [1.29, 1.82) is 0 Å². The molecule has 1 N–H and O–H groups in total. The summed E-state index contributed by atoms with van der Waals surface area (Å²) in [4.78, 5) is 0. The Kier molecular flexibility index (Phi) is 4.13. The van der Waals surface area contributed by atoms with E-state index >= 15 is 0 Å². The summed E-state index contributed by atoms with van der Waals surface area (Å²) >= 11 is 25.3. The number of hydrogen-bond acceptors (Lipinski definition) is 2. The highest BCUT2D eigenvalue weighted by Crippen LogP contribution is 2.42. The summed E-state index contributed by atoms with van der Waals surface area (Å²) < 4.78 is 1.77. The minimum absolute atomic E-state index is 0.454. The van der Waals surface area contributed by atoms with Gasteiger partial charge >= 0.3 is 0 Å². The fourth-order valence-electron chi connectivity index (χ4n) is 2.93. The number of fused-ring (bicyclic) bond motifs is 1. The lowest BCUT2D eigenvalue weighted by Crippen LogP contribution is -2.05. The van der Waals surface area contributed by atoms with Crippen molar-refractivity contribution in [2.75, 3.05) is 11.9 Å². The van der Waals surface area contributed by atoms with Crippen molar-refractivity contribution in [1.82, 2.24) is 9.78 Å². The molecule has 0 atom stereocenters. The lowest BCUT2D eigenvalue weighted by Gasteiger charge is -2.09. The van der Waals surface area contributed by atoms with Gasteiger partial charge in [-0.1, -0.05) is 58.5 Å². The van der Waals surface area contributed by atoms with E-state index in [4.69, 9.17) is 51.5 Å². The highest BCUT2D eigenvalue weighted by atomic mass is 35.5. The van der Waals surface area contributed by atoms with Crippen molar-refractivity contribution in [3.8, 4) is 16.9 Å². The molecular weight excluding hydrogens is 388 g/mol. The maximum absolute atomic E-state index is 6.38. The van der Waals surface area contributed by atoms with Crippen molar-refractivity contribution in [3.63, 3.8) is 0 Å². The Morgan fingerprint density at radius 2 is 1.58 bits per heavy atom. The Balaban J connectivity index is 1.98. The molecule has 0 aliphatic carbocycles. The van der Waals surface area contributed by atoms with Crippen molar-refractivity contribution in [2.45, 2.75) is 6.42 Å². The van der Waals surface area contributed by atoms with Gasteiger partial charge in [0.2, 0.25) is 0 Å². The monoisotopic (exact) mass is 397 g/mol. The predicted octanol–water partition coefficient (Wildman–Crippen LogP) is 6.12. The molecule has 122 valence electrons. The van der Waals surface area contributed by atoms with Gasteiger partial charge in [0.15, 0.2) is 0 Å². The van der Waals surface area contributed by atoms with Gasteiger partial charge in [-0.3, -0.25) is 0 Å². The number of aromatic nitrogens is 2. The van der Waals surface area contributed by atoms with Gasteiger partial charge in [-0.2, -0.15) is 5.10 Å². The molecule has 24 heavy (non-hydrogen) atoms. The van der Waals surface area contributed by atoms with Crippen LogP contribution in [0.1, 0.15) is 5.56 Å². The van der Waals surface area contributed by atoms with Gasteiger partial charge < -0.3 is 5.32 Å². The van der Waals surface area contributed by atoms with Crippen LogP contribution in [0.4, 0.5) is 5.82 Å². The second kappa shape index (κ2) is 6.16. The van der Waals surface area contributed by atoms with E-state index in [0.717, 1.165) is 35.6 Å². The highest BCUT2D eigenvalue weighted by Gasteiger charge is 2.27. The van der Waals surface area contributed by atoms with E-state index in [1.807, 2.05) is 30.3 Å². The first-order valence-corrected chi connectivity index (χ1v) is 8.83. The van der Waals surface area contributed by atoms with Crippen LogP contribution in [-0.2, 0) is 6.42 Å². The largest absolute Gasteiger partial charge is 0.369 e. The lowest BCUT2D eigenvalue weighted by molar-refractivity contribution is 0.883. The second-order valence-corrected chi connectivity index (χ2v) is 7.03. The highest BCUT2D eigenvalue weighted by molar-refractivity contribution is 6.43. The average molecular weight is 399 g/mol. The Bertz CT molecular complexity index is 929. The van der Waals surface area contributed by atoms with Crippen LogP contribution in [-0.4, -0.2) is 16.3 Å². The van der Waals surface area contributed by atoms with Crippen molar-refractivity contribution < 1.29 is 0 Å². The molecule has 0 amide bonds. The summed E-state index contributed by atoms with van der Waals surface area (Å²) in [6, 6.07) is 10.9. The molecule has 0 spiro atoms. The van der Waals surface area contributed by atoms with E-state index in [0.29, 0.717) is 25.8 Å². The third-order valence-corrected chi connectivity index (χ3v) is 5.45. The molecule has 0 bridgehead atoms. The first kappa shape index (κ1) is 16.1. The van der Waals surface area contributed by atoms with Gasteiger partial charge in [-0.25, -0.2) is 4.68 Å². The number of hydrogen-bond donors (Lipinski definition) is 1. The van der Waals surface area contributed by atoms with Gasteiger partial charge in [-0.05, 0) is 30.7 Å². The topological polar surface area (TPSA) is 29.9 Å². The molecule has 0 saturated carbocycles. The molecule has 7 heteroatoms. The average Bonchev–Trinajstić information content (AvgIpc) is 3.14. The van der Waals surface area contributed by atoms with E-state index in [1.165, 1.54) is 0 Å². The van der Waals surface area contributed by atoms with Crippen LogP contribution in [0.5, 0.6) is 0 Å². The third-order valence-electron chi connectivity index (χ3n) is 4.01. The standard InChI is InChI=1S/C17H11Cl4N3/c18-10-3-1-4-11(19)14(10)16-9-7-8-22-17(9)24(23-16)13-6-2-5-12(20)15(13)21/h1-6,22H,7-8H2. The molecule has 2 heterocycles. The van der Waals surface area contributed by atoms with Crippen molar-refractivity contribution in [2.24, 2.45) is 0 Å². The fourth-order valence-corrected chi connectivity index (χ4v) is 3.88. The van der Waals surface area contributed by atoms with Crippen LogP contribution in [0.25, 0.3) is 16.9 Å². The molecule has 2 aromatic carbocycles. The number of halogens is 4. The minimum atomic E-state index is 0.454. The minimum Gasteiger partial charge on any atom is -0.369 e. The summed E-state index contributed by atoms with van der Waals surface area (Å²) in [5, 5.41) is 10.2. The Morgan fingerprint density at radius 1 is 0.917 bits per heavy atom. The molecule has 1 aliphatic heterocycles. The van der Waals surface area contributed by atoms with Gasteiger partial charge in [0.25, 0.3) is 0 Å². The van der Waals surface area contributed by atoms with Crippen LogP contribution in [0.3, 0.4) is 0 Å². The van der Waals surface area contributed by atoms with Crippen molar-refractivity contribution >= 4 is 52.2 Å². The summed E-state index contributed by atoms with van der Waals surface area (Å²) in [5.74, 6) is 0.894. The molecule has 3 aromatic rings. The maximum Gasteiger partial charge on any atom is 0.133 e. The zero-order valence-electron chi connectivity index (χ0n) is 12.3. The number of nitrogens with one attached hydrogen (secondary N) is 1. The zero-order valence-corrected chi connectivity index (χ0v) is 15.3. The number of anilines is 1. The Morgan fingerprint density at radius 3 is 2.33 bits per heavy atom. The first-order chi connectivity index (χ1) is 11.6. The fraction of sp³-hybridized carbons (Fsp3) is 0.118. The SMILES string of the molecule is Clc1cccc(-n2nc(-c3c(Cl)cccc3Cl)c3c2NCC3)c1Cl. The normalized spacial score (nSPS) is 13.0. The Labute approximate surface area is 159 Å². The molecule has 3 nitrogen and oxygen atoms in total. The third kappa shape index (κ3) is 2.47. The van der Waals surface area contributed by atoms with E-state index in [-0.39, 0.29) is 0 Å². The molecule has 0 unspecified atom stereocenters. The molecule has 0 radical (unpaired) electrons. The number of nitrogens with zero attached hydrogens (tertiary/aromatic N) is 2. The van der Waals surface area contributed by atoms with Crippen molar-refractivity contribution in [3.05, 3.63) is 62.1 Å². The lowest BCUT2D eigenvalue weighted by atomic mass is 10.1. The van der Waals surface area contributed by atoms with Crippen LogP contribution >= 0.6 is 46.4 Å². The quantitative estimate of drug-likeness (QED) is 0.563. The van der Waals surface area contributed by atoms with Crippen LogP contribution in [0.15, 0.2) is 36.4 Å². The van der Waals surface area contributed by atoms with E-state index in [9.17, 15) is 0 Å². The van der Waals surface area contributed by atoms with Gasteiger partial charge in [-0.15, -0.1) is 0 Å². The summed E-state index contributed by atoms with van der Waals surface area (Å²) in [6.45, 7) is 0.820. The van der Waals surface area contributed by atoms with Gasteiger partial charge in [0.1, 0.15) is 11.5 Å². The van der Waals surface area contributed by atoms with E-state index in [1.54, 1.807) is 10.7 Å². The Hall–Kier alpha value is -1.39. The van der Waals surface area contributed by atoms with Gasteiger partial charge in [0, 0.05) is 17.7 Å². The molecular formula is C17H11Cl4N3. The molecule has 1 aromatic heterocycles. The molecule has 1 aliphatic rings. The first-order valence-electron chi connectivity index (χ1n) is 7.32. The van der Waals surface area contributed by atoms with Crippen LogP contribution in [0.2, 0.25) is 20.1 Å². The van der Waals surface area contributed by atoms with Crippen LogP contribution < -0.4 is 5.32 Å². The summed E-state index contributed by atoms with van der Waals surface area (Å²) in [5.41, 5.74) is 3.28. The summed E-state index contributed by atoms with van der Waals surface area (Å²) in [6.07, 6.45) is 0.838. The number of benzene rings is 2. The second-order valence-electron chi connectivity index (χ2n) is 5.43. The van der Waals surface area contributed by atoms with E-state index in [2.05, 4.69) is 5.32 Å². The molecule has 0 fully saturated rings. The number of rotatable bonds is 2. The zero-order chi connectivity index (χ0) is 16.8.